The maximum atomic E-state index is 12.6. The van der Waals surface area contributed by atoms with E-state index in [1.807, 2.05) is 0 Å². The summed E-state index contributed by atoms with van der Waals surface area (Å²) in [7, 11) is 0. The summed E-state index contributed by atoms with van der Waals surface area (Å²) in [5.74, 6) is 1.46. The summed E-state index contributed by atoms with van der Waals surface area (Å²) in [5, 5.41) is 14.5. The summed E-state index contributed by atoms with van der Waals surface area (Å²) in [4.78, 5) is 44.9. The number of nitro groups is 1. The number of benzene rings is 1. The Kier molecular flexibility index (Phi) is 6.38. The number of fused-ring (bicyclic) bond motifs is 3. The van der Waals surface area contributed by atoms with Crippen molar-refractivity contribution < 1.29 is 9.72 Å². The fourth-order valence-corrected chi connectivity index (χ4v) is 5.80. The van der Waals surface area contributed by atoms with Crippen LogP contribution in [-0.4, -0.2) is 26.6 Å². The van der Waals surface area contributed by atoms with E-state index in [1.165, 1.54) is 34.7 Å². The summed E-state index contributed by atoms with van der Waals surface area (Å²) < 4.78 is 0. The molecule has 1 amide bonds. The minimum absolute atomic E-state index is 0.0205. The molecule has 0 saturated heterocycles. The number of thiophene rings is 1. The van der Waals surface area contributed by atoms with Crippen LogP contribution >= 0.6 is 23.1 Å². The molecule has 0 atom stereocenters. The molecule has 162 valence electrons. The van der Waals surface area contributed by atoms with E-state index in [4.69, 9.17) is 0 Å². The average Bonchev–Trinajstić information content (AvgIpc) is 3.11. The van der Waals surface area contributed by atoms with Crippen molar-refractivity contribution >= 4 is 50.6 Å². The van der Waals surface area contributed by atoms with Gasteiger partial charge >= 0.3 is 0 Å². The molecule has 0 bridgehead atoms. The molecule has 0 saturated carbocycles. The monoisotopic (exact) mass is 458 g/mol. The molecule has 4 rings (SSSR count). The highest BCUT2D eigenvalue weighted by atomic mass is 32.2. The predicted octanol–water partition coefficient (Wildman–Crippen LogP) is 4.34. The molecule has 1 aliphatic carbocycles. The number of aryl methyl sites for hydroxylation is 3. The van der Waals surface area contributed by atoms with Crippen molar-refractivity contribution in [3.05, 3.63) is 60.5 Å². The zero-order valence-corrected chi connectivity index (χ0v) is 18.7. The number of rotatable bonds is 7. The molecular weight excluding hydrogens is 436 g/mol. The minimum Gasteiger partial charge on any atom is -0.326 e. The molecule has 2 heterocycles. The number of hydrogen-bond acceptors (Lipinski definition) is 7. The quantitative estimate of drug-likeness (QED) is 0.309. The molecule has 31 heavy (non-hydrogen) atoms. The van der Waals surface area contributed by atoms with Crippen molar-refractivity contribution in [2.75, 3.05) is 11.1 Å². The summed E-state index contributed by atoms with van der Waals surface area (Å²) in [6.07, 6.45) is 4.52. The second-order valence-electron chi connectivity index (χ2n) is 7.51. The van der Waals surface area contributed by atoms with Gasteiger partial charge in [0.1, 0.15) is 10.7 Å². The van der Waals surface area contributed by atoms with Crippen LogP contribution < -0.4 is 10.9 Å². The van der Waals surface area contributed by atoms with E-state index in [2.05, 4.69) is 15.3 Å². The summed E-state index contributed by atoms with van der Waals surface area (Å²) in [6.45, 7) is 1.65. The third kappa shape index (κ3) is 4.80. The largest absolute Gasteiger partial charge is 0.326 e. The Morgan fingerprint density at radius 3 is 2.97 bits per heavy atom. The molecule has 2 N–H and O–H groups in total. The third-order valence-electron chi connectivity index (χ3n) is 5.28. The van der Waals surface area contributed by atoms with Gasteiger partial charge in [0.05, 0.1) is 16.1 Å². The second-order valence-corrected chi connectivity index (χ2v) is 9.70. The van der Waals surface area contributed by atoms with Crippen LogP contribution in [-0.2, 0) is 23.4 Å². The van der Waals surface area contributed by atoms with Crippen LogP contribution in [0, 0.1) is 17.0 Å². The second kappa shape index (κ2) is 9.19. The third-order valence-corrected chi connectivity index (χ3v) is 7.43. The number of thioether (sulfide) groups is 1. The van der Waals surface area contributed by atoms with Gasteiger partial charge in [0.2, 0.25) is 5.91 Å². The lowest BCUT2D eigenvalue weighted by Crippen LogP contribution is -2.14. The minimum atomic E-state index is -0.463. The van der Waals surface area contributed by atoms with E-state index in [0.29, 0.717) is 28.6 Å². The Morgan fingerprint density at radius 1 is 1.35 bits per heavy atom. The number of aromatic nitrogens is 2. The van der Waals surface area contributed by atoms with Crippen molar-refractivity contribution in [1.29, 1.82) is 0 Å². The van der Waals surface area contributed by atoms with E-state index < -0.39 is 4.92 Å². The van der Waals surface area contributed by atoms with Gasteiger partial charge in [-0.1, -0.05) is 6.07 Å². The van der Waals surface area contributed by atoms with Gasteiger partial charge < -0.3 is 10.3 Å². The number of carbonyl (C=O) groups excluding carboxylic acids is 1. The van der Waals surface area contributed by atoms with Gasteiger partial charge in [0, 0.05) is 34.4 Å². The molecule has 0 fully saturated rings. The fraction of sp³-hybridized carbons (Fsp3) is 0.381. The molecule has 0 spiro atoms. The normalized spacial score (nSPS) is 13.2. The number of nitrogens with one attached hydrogen (secondary N) is 2. The molecule has 10 heteroatoms. The van der Waals surface area contributed by atoms with Crippen molar-refractivity contribution in [2.45, 2.75) is 44.8 Å². The van der Waals surface area contributed by atoms with Gasteiger partial charge in [-0.05, 0) is 44.2 Å². The first-order chi connectivity index (χ1) is 14.9. The van der Waals surface area contributed by atoms with Crippen LogP contribution in [0.4, 0.5) is 11.4 Å². The van der Waals surface area contributed by atoms with Crippen LogP contribution in [0.5, 0.6) is 0 Å². The molecule has 0 unspecified atom stereocenters. The molecule has 3 aromatic rings. The molecule has 1 aromatic carbocycles. The first-order valence-corrected chi connectivity index (χ1v) is 12.1. The Hall–Kier alpha value is -2.72. The van der Waals surface area contributed by atoms with Crippen molar-refractivity contribution in [1.82, 2.24) is 9.97 Å². The Balaban J connectivity index is 1.32. The van der Waals surface area contributed by atoms with Crippen LogP contribution in [0.2, 0.25) is 0 Å². The smallest absolute Gasteiger partial charge is 0.274 e. The molecule has 2 aromatic heterocycles. The summed E-state index contributed by atoms with van der Waals surface area (Å²) in [5.41, 5.74) is 2.03. The fourth-order valence-electron chi connectivity index (χ4n) is 3.72. The topological polar surface area (TPSA) is 118 Å². The molecule has 8 nitrogen and oxygen atoms in total. The highest BCUT2D eigenvalue weighted by molar-refractivity contribution is 7.98. The standard InChI is InChI=1S/C21H22N4O4S2/c1-12-6-7-13(10-15(12)25(28)29)22-18(26)8-9-30-11-17-23-20(27)19-14-4-2-3-5-16(14)31-21(19)24-17/h6-7,10H,2-5,8-9,11H2,1H3,(H,22,26)(H,23,24,27). The maximum Gasteiger partial charge on any atom is 0.274 e. The Bertz CT molecular complexity index is 1220. The highest BCUT2D eigenvalue weighted by Gasteiger charge is 2.19. The number of amides is 1. The predicted molar refractivity (Wildman–Crippen MR) is 124 cm³/mol. The van der Waals surface area contributed by atoms with Crippen molar-refractivity contribution in [2.24, 2.45) is 0 Å². The number of aromatic amines is 1. The van der Waals surface area contributed by atoms with Gasteiger partial charge in [-0.15, -0.1) is 11.3 Å². The molecule has 0 radical (unpaired) electrons. The number of anilines is 1. The van der Waals surface area contributed by atoms with Crippen molar-refractivity contribution in [3.63, 3.8) is 0 Å². The molecular formula is C21H22N4O4S2. The van der Waals surface area contributed by atoms with E-state index in [0.717, 1.165) is 29.5 Å². The van der Waals surface area contributed by atoms with Gasteiger partial charge in [0.25, 0.3) is 11.2 Å². The van der Waals surface area contributed by atoms with Crippen molar-refractivity contribution in [3.8, 4) is 0 Å². The number of carbonyl (C=O) groups is 1. The summed E-state index contributed by atoms with van der Waals surface area (Å²) >= 11 is 3.14. The van der Waals surface area contributed by atoms with Gasteiger partial charge in [-0.2, -0.15) is 11.8 Å². The number of nitrogens with zero attached hydrogens (tertiary/aromatic N) is 2. The molecule has 1 aliphatic rings. The van der Waals surface area contributed by atoms with E-state index >= 15 is 0 Å². The number of H-pyrrole nitrogens is 1. The lowest BCUT2D eigenvalue weighted by molar-refractivity contribution is -0.385. The lowest BCUT2D eigenvalue weighted by Gasteiger charge is -2.09. The SMILES string of the molecule is Cc1ccc(NC(=O)CCSCc2nc3sc4c(c3c(=O)[nH]2)CCCC4)cc1[N+](=O)[O-]. The zero-order chi connectivity index (χ0) is 22.0. The molecule has 0 aliphatic heterocycles. The van der Waals surface area contributed by atoms with E-state index in [1.54, 1.807) is 30.4 Å². The van der Waals surface area contributed by atoms with E-state index in [9.17, 15) is 19.7 Å². The maximum absolute atomic E-state index is 12.6. The van der Waals surface area contributed by atoms with Gasteiger partial charge in [-0.25, -0.2) is 4.98 Å². The average molecular weight is 459 g/mol. The Labute approximate surface area is 186 Å². The van der Waals surface area contributed by atoms with Crippen LogP contribution in [0.1, 0.15) is 41.1 Å². The van der Waals surface area contributed by atoms with Crippen LogP contribution in [0.3, 0.4) is 0 Å². The van der Waals surface area contributed by atoms with Gasteiger partial charge in [0.15, 0.2) is 0 Å². The zero-order valence-electron chi connectivity index (χ0n) is 17.0. The first-order valence-electron chi connectivity index (χ1n) is 10.1. The van der Waals surface area contributed by atoms with Crippen LogP contribution in [0.15, 0.2) is 23.0 Å². The number of nitro benzene ring substituents is 1. The highest BCUT2D eigenvalue weighted by Crippen LogP contribution is 2.33. The first kappa shape index (κ1) is 21.5. The van der Waals surface area contributed by atoms with E-state index in [-0.39, 0.29) is 23.6 Å². The van der Waals surface area contributed by atoms with Crippen LogP contribution in [0.25, 0.3) is 10.2 Å². The Morgan fingerprint density at radius 2 is 2.16 bits per heavy atom. The summed E-state index contributed by atoms with van der Waals surface area (Å²) in [6, 6.07) is 4.63. The van der Waals surface area contributed by atoms with Gasteiger partial charge in [-0.3, -0.25) is 19.7 Å². The number of hydrogen-bond donors (Lipinski definition) is 2. The lowest BCUT2D eigenvalue weighted by atomic mass is 9.97.